The molecule has 4 nitrogen and oxygen atoms in total. The molecule has 16 heavy (non-hydrogen) atoms. The van der Waals surface area contributed by atoms with Crippen molar-refractivity contribution in [2.45, 2.75) is 33.1 Å². The molecule has 1 heterocycles. The van der Waals surface area contributed by atoms with Gasteiger partial charge in [-0.25, -0.2) is 4.79 Å². The zero-order valence-corrected chi connectivity index (χ0v) is 10.6. The Balaban J connectivity index is 2.23. The van der Waals surface area contributed by atoms with Crippen molar-refractivity contribution in [3.05, 3.63) is 0 Å². The van der Waals surface area contributed by atoms with Crippen LogP contribution in [0.2, 0.25) is 0 Å². The second-order valence-corrected chi connectivity index (χ2v) is 4.68. The molecule has 0 spiro atoms. The summed E-state index contributed by atoms with van der Waals surface area (Å²) in [7, 11) is 1.79. The number of rotatable bonds is 6. The average molecular weight is 229 g/mol. The third-order valence-corrected chi connectivity index (χ3v) is 3.23. The highest BCUT2D eigenvalue weighted by molar-refractivity contribution is 5.67. The molecule has 0 aliphatic carbocycles. The van der Waals surface area contributed by atoms with Crippen LogP contribution >= 0.6 is 0 Å². The van der Waals surface area contributed by atoms with Crippen molar-refractivity contribution in [2.75, 3.05) is 33.4 Å². The third-order valence-electron chi connectivity index (χ3n) is 3.23. The van der Waals surface area contributed by atoms with Gasteiger partial charge in [-0.15, -0.1) is 0 Å². The van der Waals surface area contributed by atoms with Crippen molar-refractivity contribution >= 4 is 6.09 Å². The summed E-state index contributed by atoms with van der Waals surface area (Å²) in [6, 6.07) is 0. The third kappa shape index (κ3) is 3.37. The van der Waals surface area contributed by atoms with Gasteiger partial charge in [0.15, 0.2) is 0 Å². The van der Waals surface area contributed by atoms with Crippen LogP contribution in [0.25, 0.3) is 0 Å². The molecule has 0 unspecified atom stereocenters. The van der Waals surface area contributed by atoms with Crippen molar-refractivity contribution in [2.24, 2.45) is 5.41 Å². The highest BCUT2D eigenvalue weighted by Crippen LogP contribution is 2.31. The van der Waals surface area contributed by atoms with E-state index in [-0.39, 0.29) is 11.5 Å². The van der Waals surface area contributed by atoms with Crippen LogP contribution in [-0.2, 0) is 9.47 Å². The summed E-state index contributed by atoms with van der Waals surface area (Å²) in [4.78, 5) is 13.3. The van der Waals surface area contributed by atoms with E-state index in [0.29, 0.717) is 6.61 Å². The number of ether oxygens (including phenoxy) is 2. The number of amides is 1. The quantitative estimate of drug-likeness (QED) is 0.701. The Hall–Kier alpha value is -0.770. The molecule has 94 valence electrons. The Labute approximate surface area is 97.9 Å². The van der Waals surface area contributed by atoms with Crippen LogP contribution in [0, 0.1) is 5.41 Å². The van der Waals surface area contributed by atoms with Gasteiger partial charge in [0.1, 0.15) is 6.61 Å². The minimum Gasteiger partial charge on any atom is -0.449 e. The number of hydrogen-bond donors (Lipinski definition) is 0. The Morgan fingerprint density at radius 2 is 2.12 bits per heavy atom. The molecular weight excluding hydrogens is 206 g/mol. The van der Waals surface area contributed by atoms with E-state index >= 15 is 0 Å². The van der Waals surface area contributed by atoms with Crippen molar-refractivity contribution in [1.29, 1.82) is 0 Å². The highest BCUT2D eigenvalue weighted by atomic mass is 16.6. The summed E-state index contributed by atoms with van der Waals surface area (Å²) in [6.07, 6.45) is 2.89. The van der Waals surface area contributed by atoms with Crippen LogP contribution in [0.4, 0.5) is 4.79 Å². The molecule has 0 N–H and O–H groups in total. The Kier molecular flexibility index (Phi) is 5.06. The molecule has 4 heteroatoms. The summed E-state index contributed by atoms with van der Waals surface area (Å²) in [5.41, 5.74) is 0.0846. The fourth-order valence-electron chi connectivity index (χ4n) is 1.59. The molecule has 0 aromatic carbocycles. The molecule has 0 radical (unpaired) electrons. The van der Waals surface area contributed by atoms with E-state index < -0.39 is 0 Å². The van der Waals surface area contributed by atoms with Gasteiger partial charge in [0.2, 0.25) is 0 Å². The van der Waals surface area contributed by atoms with Gasteiger partial charge >= 0.3 is 6.09 Å². The fraction of sp³-hybridized carbons (Fsp3) is 0.917. The minimum atomic E-state index is -0.215. The van der Waals surface area contributed by atoms with Crippen molar-refractivity contribution < 1.29 is 14.3 Å². The van der Waals surface area contributed by atoms with Gasteiger partial charge in [0.25, 0.3) is 0 Å². The molecule has 1 aliphatic rings. The van der Waals surface area contributed by atoms with Crippen LogP contribution < -0.4 is 0 Å². The van der Waals surface area contributed by atoms with Crippen LogP contribution in [0.3, 0.4) is 0 Å². The van der Waals surface area contributed by atoms with Crippen LogP contribution in [0.1, 0.15) is 33.1 Å². The Morgan fingerprint density at radius 1 is 1.44 bits per heavy atom. The van der Waals surface area contributed by atoms with Crippen molar-refractivity contribution in [1.82, 2.24) is 4.90 Å². The van der Waals surface area contributed by atoms with E-state index in [1.165, 1.54) is 0 Å². The lowest BCUT2D eigenvalue weighted by Gasteiger charge is -2.40. The first-order valence-electron chi connectivity index (χ1n) is 6.09. The minimum absolute atomic E-state index is 0.0846. The van der Waals surface area contributed by atoms with Crippen molar-refractivity contribution in [3.63, 3.8) is 0 Å². The van der Waals surface area contributed by atoms with Crippen LogP contribution in [-0.4, -0.2) is 44.4 Å². The first-order valence-corrected chi connectivity index (χ1v) is 6.09. The van der Waals surface area contributed by atoms with Crippen LogP contribution in [0.15, 0.2) is 0 Å². The van der Waals surface area contributed by atoms with Gasteiger partial charge in [-0.2, -0.15) is 0 Å². The molecule has 0 bridgehead atoms. The van der Waals surface area contributed by atoms with Gasteiger partial charge in [0.05, 0.1) is 18.6 Å². The van der Waals surface area contributed by atoms with Gasteiger partial charge < -0.3 is 14.4 Å². The fourth-order valence-corrected chi connectivity index (χ4v) is 1.59. The molecule has 0 atom stereocenters. The molecule has 1 fully saturated rings. The second kappa shape index (κ2) is 6.09. The first kappa shape index (κ1) is 13.3. The zero-order valence-electron chi connectivity index (χ0n) is 10.6. The Morgan fingerprint density at radius 3 is 2.56 bits per heavy atom. The molecule has 0 saturated carbocycles. The maximum Gasteiger partial charge on any atom is 0.409 e. The lowest BCUT2D eigenvalue weighted by molar-refractivity contribution is -0.140. The highest BCUT2D eigenvalue weighted by Gasteiger charge is 2.38. The van der Waals surface area contributed by atoms with Gasteiger partial charge in [-0.1, -0.05) is 20.3 Å². The average Bonchev–Trinajstić information content (AvgIpc) is 2.24. The molecule has 1 amide bonds. The normalized spacial score (nSPS) is 17.7. The summed E-state index contributed by atoms with van der Waals surface area (Å²) < 4.78 is 10.5. The van der Waals surface area contributed by atoms with E-state index in [9.17, 15) is 4.79 Å². The molecule has 1 rings (SSSR count). The monoisotopic (exact) mass is 229 g/mol. The molecular formula is C12H23NO3. The zero-order chi connectivity index (χ0) is 12.0. The van der Waals surface area contributed by atoms with E-state index in [1.54, 1.807) is 11.9 Å². The molecule has 0 aromatic rings. The number of hydrogen-bond acceptors (Lipinski definition) is 3. The van der Waals surface area contributed by atoms with E-state index in [1.807, 2.05) is 0 Å². The van der Waals surface area contributed by atoms with Gasteiger partial charge in [-0.3, -0.25) is 0 Å². The maximum atomic E-state index is 11.6. The predicted molar refractivity (Wildman–Crippen MR) is 62.4 cm³/mol. The molecule has 1 saturated heterocycles. The number of carbonyl (C=O) groups is 1. The van der Waals surface area contributed by atoms with E-state index in [2.05, 4.69) is 13.8 Å². The molecule has 1 aliphatic heterocycles. The summed E-state index contributed by atoms with van der Waals surface area (Å²) >= 11 is 0. The van der Waals surface area contributed by atoms with Crippen molar-refractivity contribution in [3.8, 4) is 0 Å². The number of nitrogens with zero attached hydrogens (tertiary/aromatic N) is 1. The molecule has 0 aromatic heterocycles. The maximum absolute atomic E-state index is 11.6. The first-order chi connectivity index (χ1) is 7.63. The summed E-state index contributed by atoms with van der Waals surface area (Å²) in [5.74, 6) is 0. The lowest BCUT2D eigenvalue weighted by atomic mass is 9.84. The Bertz CT molecular complexity index is 221. The lowest BCUT2D eigenvalue weighted by Crippen LogP contribution is -2.47. The van der Waals surface area contributed by atoms with E-state index in [4.69, 9.17) is 9.47 Å². The predicted octanol–water partition coefficient (Wildman–Crippen LogP) is 2.28. The standard InChI is InChI=1S/C12H23NO3/c1-4-6-7-13(3)11(14)16-10-12(5-2)8-15-9-12/h4-10H2,1-3H3. The largest absolute Gasteiger partial charge is 0.449 e. The van der Waals surface area contributed by atoms with Crippen LogP contribution in [0.5, 0.6) is 0 Å². The topological polar surface area (TPSA) is 38.8 Å². The SMILES string of the molecule is CCCCN(C)C(=O)OCC1(CC)COC1. The van der Waals surface area contributed by atoms with Gasteiger partial charge in [0, 0.05) is 13.6 Å². The number of unbranched alkanes of at least 4 members (excludes halogenated alkanes) is 1. The smallest absolute Gasteiger partial charge is 0.409 e. The van der Waals surface area contributed by atoms with Gasteiger partial charge in [-0.05, 0) is 12.8 Å². The summed E-state index contributed by atoms with van der Waals surface area (Å²) in [5, 5.41) is 0. The second-order valence-electron chi connectivity index (χ2n) is 4.68. The van der Waals surface area contributed by atoms with E-state index in [0.717, 1.165) is 39.0 Å². The number of carbonyl (C=O) groups excluding carboxylic acids is 1. The summed E-state index contributed by atoms with van der Waals surface area (Å²) in [6.45, 7) is 6.91.